The van der Waals surface area contributed by atoms with Crippen LogP contribution in [0.15, 0.2) is 108 Å². The van der Waals surface area contributed by atoms with E-state index < -0.39 is 10.0 Å². The number of carbonyl (C=O) groups is 1. The van der Waals surface area contributed by atoms with Crippen molar-refractivity contribution in [3.63, 3.8) is 0 Å². The summed E-state index contributed by atoms with van der Waals surface area (Å²) < 4.78 is 28.8. The van der Waals surface area contributed by atoms with Crippen LogP contribution in [0, 0.1) is 6.92 Å². The van der Waals surface area contributed by atoms with Crippen molar-refractivity contribution in [1.82, 2.24) is 14.1 Å². The maximum Gasteiger partial charge on any atom is 0.243 e. The first-order valence-corrected chi connectivity index (χ1v) is 16.0. The number of hydrogen-bond acceptors (Lipinski definition) is 4. The van der Waals surface area contributed by atoms with Crippen LogP contribution in [0.1, 0.15) is 28.3 Å². The fraction of sp³-hybridized carbons (Fsp3) is 0.242. The molecular formula is C33H33Cl2N3O3S. The minimum atomic E-state index is -3.99. The number of hydrogen-bond donors (Lipinski definition) is 0. The molecule has 42 heavy (non-hydrogen) atoms. The van der Waals surface area contributed by atoms with Crippen molar-refractivity contribution in [1.29, 1.82) is 0 Å². The Balaban J connectivity index is 1.34. The summed E-state index contributed by atoms with van der Waals surface area (Å²) in [4.78, 5) is 17.9. The highest BCUT2D eigenvalue weighted by Crippen LogP contribution is 2.30. The first-order valence-electron chi connectivity index (χ1n) is 13.8. The highest BCUT2D eigenvalue weighted by Gasteiger charge is 2.32. The Morgan fingerprint density at radius 1 is 0.810 bits per heavy atom. The number of rotatable bonds is 9. The van der Waals surface area contributed by atoms with Crippen LogP contribution >= 0.6 is 23.2 Å². The average molecular weight is 623 g/mol. The van der Waals surface area contributed by atoms with Crippen molar-refractivity contribution in [2.75, 3.05) is 32.7 Å². The van der Waals surface area contributed by atoms with Gasteiger partial charge in [0.25, 0.3) is 0 Å². The molecule has 1 saturated heterocycles. The van der Waals surface area contributed by atoms with Crippen LogP contribution in [0.4, 0.5) is 0 Å². The monoisotopic (exact) mass is 621 g/mol. The van der Waals surface area contributed by atoms with E-state index in [1.165, 1.54) is 15.4 Å². The lowest BCUT2D eigenvalue weighted by molar-refractivity contribution is -0.133. The van der Waals surface area contributed by atoms with Gasteiger partial charge in [0.05, 0.1) is 17.5 Å². The highest BCUT2D eigenvalue weighted by atomic mass is 35.5. The molecule has 0 unspecified atom stereocenters. The molecule has 1 heterocycles. The minimum Gasteiger partial charge on any atom is -0.339 e. The molecular weight excluding hydrogens is 589 g/mol. The lowest BCUT2D eigenvalue weighted by Crippen LogP contribution is -2.52. The zero-order chi connectivity index (χ0) is 29.7. The third-order valence-electron chi connectivity index (χ3n) is 7.59. The van der Waals surface area contributed by atoms with E-state index in [1.807, 2.05) is 43.3 Å². The number of nitrogens with zero attached hydrogens (tertiary/aromatic N) is 3. The van der Waals surface area contributed by atoms with E-state index in [0.29, 0.717) is 41.8 Å². The fourth-order valence-electron chi connectivity index (χ4n) is 5.29. The fourth-order valence-corrected chi connectivity index (χ4v) is 7.13. The Bertz CT molecular complexity index is 1570. The van der Waals surface area contributed by atoms with E-state index in [0.717, 1.165) is 5.56 Å². The van der Waals surface area contributed by atoms with Gasteiger partial charge in [-0.2, -0.15) is 4.31 Å². The van der Waals surface area contributed by atoms with Crippen LogP contribution in [0.3, 0.4) is 0 Å². The molecule has 1 aliphatic heterocycles. The maximum atomic E-state index is 13.8. The molecule has 1 aliphatic rings. The summed E-state index contributed by atoms with van der Waals surface area (Å²) in [7, 11) is -3.99. The third kappa shape index (κ3) is 7.05. The predicted molar refractivity (Wildman–Crippen MR) is 168 cm³/mol. The summed E-state index contributed by atoms with van der Waals surface area (Å²) in [5.41, 5.74) is 3.90. The number of benzene rings is 4. The van der Waals surface area contributed by atoms with Gasteiger partial charge in [-0.15, -0.1) is 0 Å². The topological polar surface area (TPSA) is 60.9 Å². The molecule has 1 fully saturated rings. The summed E-state index contributed by atoms with van der Waals surface area (Å²) in [5.74, 6) is -0.244. The van der Waals surface area contributed by atoms with E-state index in [4.69, 9.17) is 23.2 Å². The SMILES string of the molecule is Cc1ccc(S(=O)(=O)N(CC(=O)N2CCN(C(c3ccccc3)c3ccccc3)CC2)Cc2ccc(Cl)cc2Cl)cc1. The van der Waals surface area contributed by atoms with Crippen LogP contribution in [0.5, 0.6) is 0 Å². The number of halogens is 2. The number of carbonyl (C=O) groups excluding carboxylic acids is 1. The van der Waals surface area contributed by atoms with Crippen molar-refractivity contribution in [3.05, 3.63) is 135 Å². The van der Waals surface area contributed by atoms with Gasteiger partial charge in [0.1, 0.15) is 0 Å². The summed E-state index contributed by atoms with van der Waals surface area (Å²) in [6, 6.07) is 32.3. The molecule has 0 spiro atoms. The van der Waals surface area contributed by atoms with Gasteiger partial charge in [-0.05, 0) is 47.9 Å². The van der Waals surface area contributed by atoms with Gasteiger partial charge in [0.15, 0.2) is 0 Å². The summed E-state index contributed by atoms with van der Waals surface area (Å²) in [6.45, 7) is 3.86. The summed E-state index contributed by atoms with van der Waals surface area (Å²) in [5, 5.41) is 0.801. The molecule has 0 N–H and O–H groups in total. The van der Waals surface area contributed by atoms with Gasteiger partial charge in [-0.1, -0.05) is 108 Å². The second-order valence-corrected chi connectivity index (χ2v) is 13.2. The molecule has 4 aromatic carbocycles. The molecule has 0 saturated carbocycles. The minimum absolute atomic E-state index is 0.0536. The van der Waals surface area contributed by atoms with Gasteiger partial charge < -0.3 is 4.90 Å². The molecule has 4 aromatic rings. The molecule has 5 rings (SSSR count). The smallest absolute Gasteiger partial charge is 0.243 e. The molecule has 6 nitrogen and oxygen atoms in total. The van der Waals surface area contributed by atoms with E-state index in [9.17, 15) is 13.2 Å². The van der Waals surface area contributed by atoms with Crippen LogP contribution in [-0.2, 0) is 21.4 Å². The number of sulfonamides is 1. The summed E-state index contributed by atoms with van der Waals surface area (Å²) in [6.07, 6.45) is 0. The van der Waals surface area contributed by atoms with Gasteiger partial charge in [0, 0.05) is 42.8 Å². The van der Waals surface area contributed by atoms with Gasteiger partial charge in [0.2, 0.25) is 15.9 Å². The Labute approximate surface area is 258 Å². The number of amides is 1. The zero-order valence-corrected chi connectivity index (χ0v) is 25.7. The van der Waals surface area contributed by atoms with E-state index in [1.54, 1.807) is 47.4 Å². The Morgan fingerprint density at radius 3 is 1.93 bits per heavy atom. The molecule has 0 atom stereocenters. The standard InChI is InChI=1S/C33H33Cl2N3O3S/c1-25-12-16-30(17-13-25)42(40,41)38(23-28-14-15-29(34)22-31(28)35)24-32(39)36-18-20-37(21-19-36)33(26-8-4-2-5-9-26)27-10-6-3-7-11-27/h2-17,22,33H,18-21,23-24H2,1H3. The van der Waals surface area contributed by atoms with Gasteiger partial charge in [-0.25, -0.2) is 8.42 Å². The van der Waals surface area contributed by atoms with Crippen LogP contribution in [-0.4, -0.2) is 61.2 Å². The van der Waals surface area contributed by atoms with Crippen molar-refractivity contribution in [2.24, 2.45) is 0 Å². The lowest BCUT2D eigenvalue weighted by Gasteiger charge is -2.40. The Morgan fingerprint density at radius 2 is 1.38 bits per heavy atom. The van der Waals surface area contributed by atoms with Crippen molar-refractivity contribution in [2.45, 2.75) is 24.4 Å². The van der Waals surface area contributed by atoms with E-state index in [2.05, 4.69) is 29.2 Å². The molecule has 0 aliphatic carbocycles. The van der Waals surface area contributed by atoms with E-state index in [-0.39, 0.29) is 29.9 Å². The number of piperazine rings is 1. The lowest BCUT2D eigenvalue weighted by atomic mass is 9.96. The quantitative estimate of drug-likeness (QED) is 0.216. The Kier molecular flexibility index (Phi) is 9.66. The van der Waals surface area contributed by atoms with Crippen molar-refractivity contribution in [3.8, 4) is 0 Å². The summed E-state index contributed by atoms with van der Waals surface area (Å²) >= 11 is 12.5. The van der Waals surface area contributed by atoms with Gasteiger partial charge in [-0.3, -0.25) is 9.69 Å². The first-order chi connectivity index (χ1) is 20.2. The third-order valence-corrected chi connectivity index (χ3v) is 9.99. The van der Waals surface area contributed by atoms with Gasteiger partial charge >= 0.3 is 0 Å². The van der Waals surface area contributed by atoms with Crippen molar-refractivity contribution < 1.29 is 13.2 Å². The predicted octanol–water partition coefficient (Wildman–Crippen LogP) is 6.43. The molecule has 0 bridgehead atoms. The second-order valence-electron chi connectivity index (χ2n) is 10.5. The molecule has 9 heteroatoms. The van der Waals surface area contributed by atoms with Crippen molar-refractivity contribution >= 4 is 39.1 Å². The Hall–Kier alpha value is -3.20. The van der Waals surface area contributed by atoms with E-state index >= 15 is 0 Å². The van der Waals surface area contributed by atoms with Crippen LogP contribution < -0.4 is 0 Å². The van der Waals surface area contributed by atoms with Crippen LogP contribution in [0.25, 0.3) is 0 Å². The molecule has 0 aromatic heterocycles. The second kappa shape index (κ2) is 13.4. The highest BCUT2D eigenvalue weighted by molar-refractivity contribution is 7.89. The normalized spacial score (nSPS) is 14.5. The first kappa shape index (κ1) is 30.3. The maximum absolute atomic E-state index is 13.8. The van der Waals surface area contributed by atoms with Crippen LogP contribution in [0.2, 0.25) is 10.0 Å². The molecule has 218 valence electrons. The zero-order valence-electron chi connectivity index (χ0n) is 23.4. The molecule has 0 radical (unpaired) electrons. The molecule has 1 amide bonds. The largest absolute Gasteiger partial charge is 0.339 e. The number of aryl methyl sites for hydroxylation is 1. The average Bonchev–Trinajstić information content (AvgIpc) is 3.00.